The van der Waals surface area contributed by atoms with Gasteiger partial charge in [-0.15, -0.1) is 0 Å². The number of nitrogens with zero attached hydrogens (tertiary/aromatic N) is 1. The maximum Gasteiger partial charge on any atom is 0.262 e. The molecule has 0 bridgehead atoms. The van der Waals surface area contributed by atoms with Gasteiger partial charge in [0, 0.05) is 12.2 Å². The standard InChI is InChI=1S/C23H33N3O3/c1-5-28-22-15-19(16-24-13-6-14-26(3)4)9-12-21(22)29-17-23(27)25-20-10-7-18(2)8-11-20/h7-12,15,24H,5-6,13-14,16-17H2,1-4H3,(H,25,27). The molecule has 0 atom stereocenters. The summed E-state index contributed by atoms with van der Waals surface area (Å²) in [6.45, 7) is 7.19. The molecule has 1 amide bonds. The summed E-state index contributed by atoms with van der Waals surface area (Å²) in [5.41, 5.74) is 3.02. The summed E-state index contributed by atoms with van der Waals surface area (Å²) in [6.07, 6.45) is 1.10. The third kappa shape index (κ3) is 8.54. The van der Waals surface area contributed by atoms with E-state index in [0.29, 0.717) is 18.1 Å². The maximum atomic E-state index is 12.2. The summed E-state index contributed by atoms with van der Waals surface area (Å²) >= 11 is 0. The van der Waals surface area contributed by atoms with Crippen LogP contribution >= 0.6 is 0 Å². The zero-order valence-corrected chi connectivity index (χ0v) is 18.0. The van der Waals surface area contributed by atoms with E-state index in [9.17, 15) is 4.79 Å². The fraction of sp³-hybridized carbons (Fsp3) is 0.435. The number of amides is 1. The van der Waals surface area contributed by atoms with Gasteiger partial charge in [-0.05, 0) is 77.3 Å². The summed E-state index contributed by atoms with van der Waals surface area (Å²) in [4.78, 5) is 14.3. The number of rotatable bonds is 12. The van der Waals surface area contributed by atoms with E-state index >= 15 is 0 Å². The summed E-state index contributed by atoms with van der Waals surface area (Å²) in [7, 11) is 4.16. The van der Waals surface area contributed by atoms with Gasteiger partial charge in [0.1, 0.15) is 0 Å². The average molecular weight is 400 g/mol. The molecule has 0 unspecified atom stereocenters. The second-order valence-electron chi connectivity index (χ2n) is 7.25. The SMILES string of the molecule is CCOc1cc(CNCCCN(C)C)ccc1OCC(=O)Nc1ccc(C)cc1. The molecule has 0 radical (unpaired) electrons. The minimum atomic E-state index is -0.206. The smallest absolute Gasteiger partial charge is 0.262 e. The molecular formula is C23H33N3O3. The Morgan fingerprint density at radius 3 is 2.48 bits per heavy atom. The van der Waals surface area contributed by atoms with Crippen LogP contribution in [-0.4, -0.2) is 51.2 Å². The van der Waals surface area contributed by atoms with E-state index < -0.39 is 0 Å². The van der Waals surface area contributed by atoms with Crippen LogP contribution in [0, 0.1) is 6.92 Å². The number of anilines is 1. The van der Waals surface area contributed by atoms with Crippen molar-refractivity contribution < 1.29 is 14.3 Å². The highest BCUT2D eigenvalue weighted by Gasteiger charge is 2.10. The van der Waals surface area contributed by atoms with Crippen molar-refractivity contribution >= 4 is 11.6 Å². The number of nitrogens with one attached hydrogen (secondary N) is 2. The number of hydrogen-bond donors (Lipinski definition) is 2. The predicted octanol–water partition coefficient (Wildman–Crippen LogP) is 3.45. The molecule has 0 spiro atoms. The number of carbonyl (C=O) groups excluding carboxylic acids is 1. The molecule has 0 aliphatic heterocycles. The van der Waals surface area contributed by atoms with Crippen molar-refractivity contribution in [3.8, 4) is 11.5 Å². The Morgan fingerprint density at radius 1 is 1.03 bits per heavy atom. The normalized spacial score (nSPS) is 10.8. The first-order valence-electron chi connectivity index (χ1n) is 10.1. The highest BCUT2D eigenvalue weighted by Crippen LogP contribution is 2.28. The van der Waals surface area contributed by atoms with E-state index in [0.717, 1.165) is 42.9 Å². The molecule has 0 fully saturated rings. The van der Waals surface area contributed by atoms with Crippen molar-refractivity contribution in [1.29, 1.82) is 0 Å². The van der Waals surface area contributed by atoms with Crippen LogP contribution in [0.2, 0.25) is 0 Å². The van der Waals surface area contributed by atoms with Gasteiger partial charge in [0.2, 0.25) is 0 Å². The van der Waals surface area contributed by atoms with Crippen LogP contribution in [-0.2, 0) is 11.3 Å². The van der Waals surface area contributed by atoms with E-state index in [-0.39, 0.29) is 12.5 Å². The van der Waals surface area contributed by atoms with Gasteiger partial charge in [-0.1, -0.05) is 23.8 Å². The van der Waals surface area contributed by atoms with Crippen molar-refractivity contribution in [2.24, 2.45) is 0 Å². The Bertz CT molecular complexity index is 760. The van der Waals surface area contributed by atoms with Crippen molar-refractivity contribution in [2.75, 3.05) is 45.7 Å². The Morgan fingerprint density at radius 2 is 1.79 bits per heavy atom. The lowest BCUT2D eigenvalue weighted by atomic mass is 10.2. The van der Waals surface area contributed by atoms with Gasteiger partial charge in [0.25, 0.3) is 5.91 Å². The molecule has 2 N–H and O–H groups in total. The molecule has 158 valence electrons. The first-order valence-corrected chi connectivity index (χ1v) is 10.1. The highest BCUT2D eigenvalue weighted by molar-refractivity contribution is 5.91. The molecule has 6 nitrogen and oxygen atoms in total. The number of ether oxygens (including phenoxy) is 2. The van der Waals surface area contributed by atoms with Gasteiger partial charge < -0.3 is 25.0 Å². The molecule has 29 heavy (non-hydrogen) atoms. The van der Waals surface area contributed by atoms with Crippen LogP contribution in [0.3, 0.4) is 0 Å². The van der Waals surface area contributed by atoms with E-state index in [4.69, 9.17) is 9.47 Å². The summed E-state index contributed by atoms with van der Waals surface area (Å²) < 4.78 is 11.4. The zero-order valence-electron chi connectivity index (χ0n) is 18.0. The third-order valence-corrected chi connectivity index (χ3v) is 4.29. The number of hydrogen-bond acceptors (Lipinski definition) is 5. The number of benzene rings is 2. The number of aryl methyl sites for hydroxylation is 1. The van der Waals surface area contributed by atoms with Crippen LogP contribution in [0.5, 0.6) is 11.5 Å². The molecule has 0 saturated heterocycles. The molecule has 0 aliphatic rings. The van der Waals surface area contributed by atoms with Gasteiger partial charge in [-0.3, -0.25) is 4.79 Å². The predicted molar refractivity (Wildman–Crippen MR) is 118 cm³/mol. The van der Waals surface area contributed by atoms with E-state index in [1.54, 1.807) is 0 Å². The Kier molecular flexibility index (Phi) is 9.47. The van der Waals surface area contributed by atoms with Gasteiger partial charge in [-0.2, -0.15) is 0 Å². The lowest BCUT2D eigenvalue weighted by Crippen LogP contribution is -2.21. The topological polar surface area (TPSA) is 62.8 Å². The monoisotopic (exact) mass is 399 g/mol. The maximum absolute atomic E-state index is 12.2. The lowest BCUT2D eigenvalue weighted by molar-refractivity contribution is -0.118. The molecule has 6 heteroatoms. The second-order valence-corrected chi connectivity index (χ2v) is 7.25. The fourth-order valence-corrected chi connectivity index (χ4v) is 2.78. The Labute approximate surface area is 174 Å². The van der Waals surface area contributed by atoms with Crippen LogP contribution in [0.15, 0.2) is 42.5 Å². The molecule has 2 aromatic rings. The van der Waals surface area contributed by atoms with Crippen molar-refractivity contribution in [1.82, 2.24) is 10.2 Å². The number of carbonyl (C=O) groups is 1. The zero-order chi connectivity index (χ0) is 21.1. The molecule has 0 aliphatic carbocycles. The van der Waals surface area contributed by atoms with E-state index in [1.165, 1.54) is 0 Å². The Balaban J connectivity index is 1.86. The molecule has 2 rings (SSSR count). The first kappa shape index (κ1) is 22.7. The van der Waals surface area contributed by atoms with Gasteiger partial charge in [0.15, 0.2) is 18.1 Å². The lowest BCUT2D eigenvalue weighted by Gasteiger charge is -2.14. The van der Waals surface area contributed by atoms with Crippen molar-refractivity contribution in [2.45, 2.75) is 26.8 Å². The van der Waals surface area contributed by atoms with Crippen LogP contribution in [0.1, 0.15) is 24.5 Å². The summed E-state index contributed by atoms with van der Waals surface area (Å²) in [5, 5.41) is 6.27. The Hall–Kier alpha value is -2.57. The molecule has 2 aromatic carbocycles. The summed E-state index contributed by atoms with van der Waals surface area (Å²) in [5.74, 6) is 1.02. The fourth-order valence-electron chi connectivity index (χ4n) is 2.78. The van der Waals surface area contributed by atoms with Crippen molar-refractivity contribution in [3.05, 3.63) is 53.6 Å². The van der Waals surface area contributed by atoms with Gasteiger partial charge in [0.05, 0.1) is 6.61 Å². The van der Waals surface area contributed by atoms with E-state index in [1.807, 2.05) is 56.3 Å². The van der Waals surface area contributed by atoms with Crippen LogP contribution < -0.4 is 20.1 Å². The van der Waals surface area contributed by atoms with Gasteiger partial charge in [-0.25, -0.2) is 0 Å². The third-order valence-electron chi connectivity index (χ3n) is 4.29. The molecule has 0 saturated carbocycles. The molecule has 0 aromatic heterocycles. The minimum Gasteiger partial charge on any atom is -0.490 e. The molecular weight excluding hydrogens is 366 g/mol. The van der Waals surface area contributed by atoms with Crippen LogP contribution in [0.4, 0.5) is 5.69 Å². The van der Waals surface area contributed by atoms with Crippen LogP contribution in [0.25, 0.3) is 0 Å². The molecule has 0 heterocycles. The van der Waals surface area contributed by atoms with Gasteiger partial charge >= 0.3 is 0 Å². The van der Waals surface area contributed by atoms with Crippen molar-refractivity contribution in [3.63, 3.8) is 0 Å². The largest absolute Gasteiger partial charge is 0.490 e. The summed E-state index contributed by atoms with van der Waals surface area (Å²) in [6, 6.07) is 13.5. The average Bonchev–Trinajstić information content (AvgIpc) is 2.69. The highest BCUT2D eigenvalue weighted by atomic mass is 16.5. The quantitative estimate of drug-likeness (QED) is 0.535. The first-order chi connectivity index (χ1) is 14.0. The van der Waals surface area contributed by atoms with E-state index in [2.05, 4.69) is 29.6 Å². The second kappa shape index (κ2) is 12.1. The minimum absolute atomic E-state index is 0.0733.